The predicted octanol–water partition coefficient (Wildman–Crippen LogP) is 4.01. The zero-order chi connectivity index (χ0) is 45.4. The largest absolute Gasteiger partial charge is 0.374 e. The smallest absolute Gasteiger partial charge is 0.329 e. The number of anilines is 2. The number of imidazole rings is 1. The van der Waals surface area contributed by atoms with E-state index in [2.05, 4.69) is 30.6 Å². The second kappa shape index (κ2) is 16.7. The number of nitrogens with zero attached hydrogens (tertiary/aromatic N) is 10. The van der Waals surface area contributed by atoms with Crippen molar-refractivity contribution in [2.24, 2.45) is 18.4 Å². The van der Waals surface area contributed by atoms with Crippen LogP contribution in [0.5, 0.6) is 0 Å². The molecule has 6 aliphatic rings. The molecule has 1 spiro atoms. The van der Waals surface area contributed by atoms with Crippen molar-refractivity contribution < 1.29 is 32.7 Å². The van der Waals surface area contributed by atoms with Gasteiger partial charge in [-0.1, -0.05) is 12.1 Å². The zero-order valence-electron chi connectivity index (χ0n) is 36.9. The molecule has 66 heavy (non-hydrogen) atoms. The number of fused-ring (bicyclic) bond motifs is 4. The van der Waals surface area contributed by atoms with E-state index < -0.39 is 30.0 Å². The highest BCUT2D eigenvalue weighted by Crippen LogP contribution is 2.42. The average Bonchev–Trinajstić information content (AvgIpc) is 4.16. The van der Waals surface area contributed by atoms with Crippen LogP contribution in [0.2, 0.25) is 0 Å². The van der Waals surface area contributed by atoms with Crippen molar-refractivity contribution in [3.05, 3.63) is 70.2 Å². The molecule has 6 fully saturated rings. The Kier molecular flexibility index (Phi) is 10.8. The van der Waals surface area contributed by atoms with Crippen molar-refractivity contribution in [3.8, 4) is 0 Å². The Morgan fingerprint density at radius 1 is 1.03 bits per heavy atom. The number of nitrogens with one attached hydrogen (secondary N) is 2. The Morgan fingerprint density at radius 2 is 1.83 bits per heavy atom. The first-order chi connectivity index (χ1) is 31.9. The number of amides is 4. The monoisotopic (exact) mass is 908 g/mol. The number of halogens is 2. The van der Waals surface area contributed by atoms with E-state index in [1.165, 1.54) is 26.2 Å². The summed E-state index contributed by atoms with van der Waals surface area (Å²) < 4.78 is 40.6. The molecule has 4 amide bonds. The Balaban J connectivity index is 0.651. The summed E-state index contributed by atoms with van der Waals surface area (Å²) in [6, 6.07) is 7.02. The molecule has 2 N–H and O–H groups in total. The van der Waals surface area contributed by atoms with Crippen LogP contribution in [0.3, 0.4) is 0 Å². The fourth-order valence-electron chi connectivity index (χ4n) is 11.8. The van der Waals surface area contributed by atoms with Crippen LogP contribution in [0.25, 0.3) is 16.7 Å². The van der Waals surface area contributed by atoms with Gasteiger partial charge in [0, 0.05) is 64.5 Å². The summed E-state index contributed by atoms with van der Waals surface area (Å²) in [5.74, 6) is -0.592. The maximum absolute atomic E-state index is 14.3. The summed E-state index contributed by atoms with van der Waals surface area (Å²) >= 11 is 0. The van der Waals surface area contributed by atoms with Crippen LogP contribution in [0.4, 0.5) is 20.3 Å². The van der Waals surface area contributed by atoms with Gasteiger partial charge in [-0.15, -0.1) is 0 Å². The molecule has 18 nitrogen and oxygen atoms in total. The molecule has 5 aliphatic heterocycles. The number of hydrogen-bond donors (Lipinski definition) is 2. The number of rotatable bonds is 11. The molecule has 9 heterocycles. The number of imide groups is 1. The third kappa shape index (κ3) is 7.54. The molecule has 4 aromatic heterocycles. The highest BCUT2D eigenvalue weighted by molar-refractivity contribution is 6.08. The van der Waals surface area contributed by atoms with Crippen LogP contribution in [0.1, 0.15) is 104 Å². The van der Waals surface area contributed by atoms with Gasteiger partial charge in [-0.3, -0.25) is 38.3 Å². The molecule has 5 saturated heterocycles. The van der Waals surface area contributed by atoms with Gasteiger partial charge in [0.2, 0.25) is 17.7 Å². The fourth-order valence-corrected chi connectivity index (χ4v) is 11.8. The highest BCUT2D eigenvalue weighted by atomic mass is 19.3. The molecule has 3 atom stereocenters. The average molecular weight is 909 g/mol. The van der Waals surface area contributed by atoms with Crippen molar-refractivity contribution in [1.82, 2.24) is 48.6 Å². The van der Waals surface area contributed by atoms with E-state index in [0.29, 0.717) is 55.7 Å². The van der Waals surface area contributed by atoms with Crippen LogP contribution < -0.4 is 21.2 Å². The van der Waals surface area contributed by atoms with Gasteiger partial charge in [0.25, 0.3) is 12.3 Å². The number of carbonyl (C=O) groups excluding carboxylic acids is 4. The van der Waals surface area contributed by atoms with E-state index in [0.717, 1.165) is 82.5 Å². The molecule has 1 aromatic carbocycles. The second-order valence-corrected chi connectivity index (χ2v) is 19.4. The van der Waals surface area contributed by atoms with Crippen molar-refractivity contribution in [2.45, 2.75) is 101 Å². The molecule has 1 aliphatic carbocycles. The van der Waals surface area contributed by atoms with Gasteiger partial charge < -0.3 is 24.8 Å². The summed E-state index contributed by atoms with van der Waals surface area (Å²) in [5, 5.41) is 13.6. The Bertz CT molecular complexity index is 2790. The quantitative estimate of drug-likeness (QED) is 0.183. The van der Waals surface area contributed by atoms with E-state index in [1.807, 2.05) is 29.2 Å². The number of aryl methyl sites for hydroxylation is 2. The lowest BCUT2D eigenvalue weighted by Gasteiger charge is -2.54. The van der Waals surface area contributed by atoms with Crippen molar-refractivity contribution >= 4 is 51.8 Å². The molecule has 5 aromatic rings. The SMILES string of the molecule is Cn1c(=O)n(C2CCC(=O)NC2=O)c2cccc(CCCN3CC4(CCN(C(=O)[C@H]5CC[C@H](n6cc(NC(=O)c7cnn8ccc(N9C[C@H]%10C[C@@H]9CO%10)nc78)c(C(F)F)n6)CC5)CC4)C3)c21. The molecule has 348 valence electrons. The molecule has 1 unspecified atom stereocenters. The third-order valence-corrected chi connectivity index (χ3v) is 15.3. The minimum atomic E-state index is -2.90. The molecule has 1 saturated carbocycles. The first-order valence-corrected chi connectivity index (χ1v) is 23.4. The molecule has 2 bridgehead atoms. The Hall–Kier alpha value is -6.02. The van der Waals surface area contributed by atoms with Crippen LogP contribution in [0.15, 0.2) is 47.7 Å². The van der Waals surface area contributed by atoms with Crippen LogP contribution in [-0.4, -0.2) is 125 Å². The Morgan fingerprint density at radius 3 is 2.56 bits per heavy atom. The first-order valence-electron chi connectivity index (χ1n) is 23.4. The van der Waals surface area contributed by atoms with Gasteiger partial charge >= 0.3 is 5.69 Å². The lowest BCUT2D eigenvalue weighted by molar-refractivity contribution is -0.142. The topological polar surface area (TPSA) is 186 Å². The van der Waals surface area contributed by atoms with E-state index in [4.69, 9.17) is 9.72 Å². The molecular weight excluding hydrogens is 855 g/mol. The number of alkyl halides is 2. The number of carbonyl (C=O) groups is 4. The van der Waals surface area contributed by atoms with E-state index in [1.54, 1.807) is 17.8 Å². The number of benzene rings is 1. The maximum atomic E-state index is 14.3. The van der Waals surface area contributed by atoms with Gasteiger partial charge in [-0.2, -0.15) is 10.2 Å². The summed E-state index contributed by atoms with van der Waals surface area (Å²) in [5.41, 5.74) is 2.47. The number of likely N-dealkylation sites (tertiary alicyclic amines) is 2. The lowest BCUT2D eigenvalue weighted by Crippen LogP contribution is -2.61. The minimum absolute atomic E-state index is 0.0560. The summed E-state index contributed by atoms with van der Waals surface area (Å²) in [6.07, 6.45) is 9.41. The van der Waals surface area contributed by atoms with E-state index >= 15 is 0 Å². The maximum Gasteiger partial charge on any atom is 0.329 e. The number of para-hydroxylation sites is 1. The van der Waals surface area contributed by atoms with Gasteiger partial charge in [0.15, 0.2) is 11.3 Å². The van der Waals surface area contributed by atoms with Crippen molar-refractivity contribution in [3.63, 3.8) is 0 Å². The van der Waals surface area contributed by atoms with E-state index in [-0.39, 0.29) is 64.7 Å². The van der Waals surface area contributed by atoms with E-state index in [9.17, 15) is 32.8 Å². The van der Waals surface area contributed by atoms with Crippen molar-refractivity contribution in [1.29, 1.82) is 0 Å². The number of hydrogen-bond acceptors (Lipinski definition) is 11. The van der Waals surface area contributed by atoms with Crippen LogP contribution in [-0.2, 0) is 32.6 Å². The predicted molar refractivity (Wildman–Crippen MR) is 236 cm³/mol. The summed E-state index contributed by atoms with van der Waals surface area (Å²) in [4.78, 5) is 76.5. The Labute approximate surface area is 378 Å². The summed E-state index contributed by atoms with van der Waals surface area (Å²) in [6.45, 7) is 5.72. The number of morpholine rings is 1. The van der Waals surface area contributed by atoms with Crippen LogP contribution in [0, 0.1) is 11.3 Å². The summed E-state index contributed by atoms with van der Waals surface area (Å²) in [7, 11) is 1.73. The first kappa shape index (κ1) is 42.6. The highest BCUT2D eigenvalue weighted by Gasteiger charge is 2.46. The standard InChI is InChI=1S/C46H54F2N12O6/c1-54-39-27(4-2-6-34(39)60(45(54)65)35-11-12-37(61)52-43(35)63)5-3-16-55-25-46(26-55)14-18-56(19-15-46)44(64)28-7-9-29(10-8-28)59-23-33(38(53-59)40(47)48)50-42(62)32-21-49-58-17-13-36(51-41(32)58)57-22-31-20-30(57)24-66-31/h2,4,6,13,17,21,23,28-31,35,40H,3,5,7-12,14-16,18-20,22,24-26H2,1H3,(H,50,62)(H,52,61,63)/t28-,29-,30-,31-,35?/m1/s1. The minimum Gasteiger partial charge on any atom is -0.374 e. The third-order valence-electron chi connectivity index (χ3n) is 15.3. The molecule has 11 rings (SSSR count). The molecular formula is C46H54F2N12O6. The fraction of sp³-hybridized carbons (Fsp3) is 0.565. The number of aromatic nitrogens is 7. The van der Waals surface area contributed by atoms with Crippen LogP contribution >= 0.6 is 0 Å². The van der Waals surface area contributed by atoms with Gasteiger partial charge in [0.05, 0.1) is 47.7 Å². The number of piperidine rings is 2. The lowest BCUT2D eigenvalue weighted by atomic mass is 9.71. The normalized spacial score (nSPS) is 25.4. The molecule has 0 radical (unpaired) electrons. The molecule has 20 heteroatoms. The van der Waals surface area contributed by atoms with Gasteiger partial charge in [-0.05, 0) is 93.9 Å². The van der Waals surface area contributed by atoms with Gasteiger partial charge in [0.1, 0.15) is 17.4 Å². The van der Waals surface area contributed by atoms with Gasteiger partial charge in [-0.25, -0.2) is 23.1 Å². The zero-order valence-corrected chi connectivity index (χ0v) is 36.9. The van der Waals surface area contributed by atoms with Crippen molar-refractivity contribution in [2.75, 3.05) is 56.1 Å². The number of ether oxygens (including phenoxy) is 1. The second-order valence-electron chi connectivity index (χ2n) is 19.4.